The highest BCUT2D eigenvalue weighted by Crippen LogP contribution is 2.27. The molecule has 1 aromatic carbocycles. The monoisotopic (exact) mass is 428 g/mol. The first kappa shape index (κ1) is 21.5. The Hall–Kier alpha value is -2.18. The maximum absolute atomic E-state index is 12.9. The summed E-state index contributed by atoms with van der Waals surface area (Å²) in [5.41, 5.74) is 2.12. The van der Waals surface area contributed by atoms with Crippen molar-refractivity contribution in [1.82, 2.24) is 9.88 Å². The summed E-state index contributed by atoms with van der Waals surface area (Å²) in [5.74, 6) is 1.39. The number of para-hydroxylation sites is 1. The number of hydrogen-bond acceptors (Lipinski definition) is 5. The number of rotatable bonds is 9. The lowest BCUT2D eigenvalue weighted by Gasteiger charge is -2.27. The van der Waals surface area contributed by atoms with Gasteiger partial charge in [-0.25, -0.2) is 4.98 Å². The van der Waals surface area contributed by atoms with Crippen LogP contribution < -0.4 is 4.74 Å². The molecule has 6 heteroatoms. The van der Waals surface area contributed by atoms with Gasteiger partial charge >= 0.3 is 0 Å². The molecule has 0 saturated heterocycles. The van der Waals surface area contributed by atoms with Crippen LogP contribution in [0, 0.1) is 0 Å². The molecule has 0 fully saturated rings. The maximum atomic E-state index is 12.9. The lowest BCUT2D eigenvalue weighted by Crippen LogP contribution is -2.37. The zero-order valence-corrected chi connectivity index (χ0v) is 19.1. The van der Waals surface area contributed by atoms with Gasteiger partial charge in [-0.2, -0.15) is 0 Å². The largest absolute Gasteiger partial charge is 0.486 e. The molecule has 0 aliphatic heterocycles. The van der Waals surface area contributed by atoms with Gasteiger partial charge in [0.05, 0.1) is 17.1 Å². The van der Waals surface area contributed by atoms with E-state index in [1.807, 2.05) is 46.0 Å². The van der Waals surface area contributed by atoms with Crippen LogP contribution in [0.3, 0.4) is 0 Å². The van der Waals surface area contributed by atoms with Crippen molar-refractivity contribution in [2.75, 3.05) is 0 Å². The summed E-state index contributed by atoms with van der Waals surface area (Å²) < 4.78 is 6.05. The van der Waals surface area contributed by atoms with Gasteiger partial charge in [0.25, 0.3) is 5.91 Å². The fourth-order valence-electron chi connectivity index (χ4n) is 3.08. The Morgan fingerprint density at radius 2 is 1.93 bits per heavy atom. The van der Waals surface area contributed by atoms with E-state index in [1.54, 1.807) is 11.3 Å². The van der Waals surface area contributed by atoms with E-state index in [2.05, 4.69) is 33.8 Å². The second-order valence-corrected chi connectivity index (χ2v) is 9.27. The van der Waals surface area contributed by atoms with Crippen LogP contribution in [0.25, 0.3) is 0 Å². The van der Waals surface area contributed by atoms with Gasteiger partial charge in [0, 0.05) is 11.4 Å². The first-order valence-electron chi connectivity index (χ1n) is 9.99. The lowest BCUT2D eigenvalue weighted by molar-refractivity contribution is 0.0674. The van der Waals surface area contributed by atoms with Crippen molar-refractivity contribution >= 4 is 28.6 Å². The number of benzene rings is 1. The van der Waals surface area contributed by atoms with Gasteiger partial charge in [-0.1, -0.05) is 45.0 Å². The molecular weight excluding hydrogens is 400 g/mol. The zero-order valence-electron chi connectivity index (χ0n) is 17.4. The number of aromatic nitrogens is 1. The summed E-state index contributed by atoms with van der Waals surface area (Å²) in [5, 5.41) is 4.89. The zero-order chi connectivity index (χ0) is 20.8. The fourth-order valence-corrected chi connectivity index (χ4v) is 4.46. The first-order valence-corrected chi connectivity index (χ1v) is 11.7. The number of amides is 1. The number of thiazole rings is 1. The molecule has 1 atom stereocenters. The normalized spacial score (nSPS) is 12.2. The predicted molar refractivity (Wildman–Crippen MR) is 121 cm³/mol. The molecule has 2 aromatic heterocycles. The molecular formula is C23H28N2O2S2. The number of carbonyl (C=O) groups is 1. The van der Waals surface area contributed by atoms with E-state index in [1.165, 1.54) is 16.9 Å². The Morgan fingerprint density at radius 1 is 1.14 bits per heavy atom. The molecule has 0 aliphatic carbocycles. The van der Waals surface area contributed by atoms with Crippen LogP contribution in [0.1, 0.15) is 66.0 Å². The average molecular weight is 429 g/mol. The van der Waals surface area contributed by atoms with Crippen LogP contribution in [0.2, 0.25) is 0 Å². The first-order chi connectivity index (χ1) is 14.0. The van der Waals surface area contributed by atoms with Gasteiger partial charge in [-0.05, 0) is 42.3 Å². The Balaban J connectivity index is 1.68. The quantitative estimate of drug-likeness (QED) is 0.399. The number of carbonyl (C=O) groups excluding carboxylic acids is 1. The molecule has 154 valence electrons. The van der Waals surface area contributed by atoms with Crippen molar-refractivity contribution < 1.29 is 9.53 Å². The third-order valence-electron chi connectivity index (χ3n) is 4.94. The Kier molecular flexibility index (Phi) is 7.45. The molecule has 0 N–H and O–H groups in total. The summed E-state index contributed by atoms with van der Waals surface area (Å²) in [4.78, 5) is 20.3. The highest BCUT2D eigenvalue weighted by molar-refractivity contribution is 7.12. The summed E-state index contributed by atoms with van der Waals surface area (Å²) in [7, 11) is 0. The number of hydrogen-bond donors (Lipinski definition) is 0. The van der Waals surface area contributed by atoms with Gasteiger partial charge in [-0.3, -0.25) is 4.79 Å². The Labute approximate surface area is 181 Å². The molecule has 0 unspecified atom stereocenters. The molecule has 29 heavy (non-hydrogen) atoms. The summed E-state index contributed by atoms with van der Waals surface area (Å²) >= 11 is 3.07. The lowest BCUT2D eigenvalue weighted by atomic mass is 10.0. The van der Waals surface area contributed by atoms with Crippen LogP contribution in [-0.2, 0) is 13.2 Å². The molecule has 4 nitrogen and oxygen atoms in total. The Morgan fingerprint density at radius 3 is 2.62 bits per heavy atom. The fraction of sp³-hybridized carbons (Fsp3) is 0.391. The summed E-state index contributed by atoms with van der Waals surface area (Å²) in [6, 6.07) is 12.1. The standard InChI is InChI=1S/C23H28N2O2S2/c1-5-17(4)25(23(26)21-11-8-12-28-21)13-18-15-29-22(24-18)14-27-20-10-7-6-9-19(20)16(2)3/h6-12,15-17H,5,13-14H2,1-4H3/t17-/m1/s1. The van der Waals surface area contributed by atoms with Crippen LogP contribution in [0.5, 0.6) is 5.75 Å². The average Bonchev–Trinajstić information content (AvgIpc) is 3.41. The van der Waals surface area contributed by atoms with Gasteiger partial charge in [0.15, 0.2) is 0 Å². The third-order valence-corrected chi connectivity index (χ3v) is 6.67. The number of nitrogens with zero attached hydrogens (tertiary/aromatic N) is 2. The maximum Gasteiger partial charge on any atom is 0.264 e. The molecule has 0 saturated carbocycles. The van der Waals surface area contributed by atoms with Crippen molar-refractivity contribution in [2.24, 2.45) is 0 Å². The van der Waals surface area contributed by atoms with E-state index in [9.17, 15) is 4.79 Å². The SMILES string of the molecule is CC[C@@H](C)N(Cc1csc(COc2ccccc2C(C)C)n1)C(=O)c1cccs1. The van der Waals surface area contributed by atoms with E-state index in [0.29, 0.717) is 19.1 Å². The van der Waals surface area contributed by atoms with E-state index >= 15 is 0 Å². The second-order valence-electron chi connectivity index (χ2n) is 7.38. The van der Waals surface area contributed by atoms with Crippen molar-refractivity contribution in [3.05, 3.63) is 68.3 Å². The van der Waals surface area contributed by atoms with Crippen LogP contribution in [0.4, 0.5) is 0 Å². The summed E-state index contributed by atoms with van der Waals surface area (Å²) in [6.45, 7) is 9.48. The highest BCUT2D eigenvalue weighted by Gasteiger charge is 2.22. The van der Waals surface area contributed by atoms with Crippen LogP contribution in [-0.4, -0.2) is 21.8 Å². The molecule has 3 rings (SSSR count). The summed E-state index contributed by atoms with van der Waals surface area (Å²) in [6.07, 6.45) is 0.906. The molecule has 2 heterocycles. The van der Waals surface area contributed by atoms with Crippen LogP contribution in [0.15, 0.2) is 47.2 Å². The molecule has 3 aromatic rings. The van der Waals surface area contributed by atoms with Gasteiger partial charge in [-0.15, -0.1) is 22.7 Å². The minimum Gasteiger partial charge on any atom is -0.486 e. The van der Waals surface area contributed by atoms with Gasteiger partial charge < -0.3 is 9.64 Å². The minimum atomic E-state index is 0.0750. The molecule has 0 spiro atoms. The predicted octanol–water partition coefficient (Wildman–Crippen LogP) is 6.35. The molecule has 0 radical (unpaired) electrons. The number of ether oxygens (including phenoxy) is 1. The Bertz CT molecular complexity index is 919. The minimum absolute atomic E-state index is 0.0750. The van der Waals surface area contributed by atoms with Crippen molar-refractivity contribution in [3.63, 3.8) is 0 Å². The van der Waals surface area contributed by atoms with Crippen molar-refractivity contribution in [2.45, 2.75) is 59.2 Å². The van der Waals surface area contributed by atoms with Crippen molar-refractivity contribution in [1.29, 1.82) is 0 Å². The molecule has 0 aliphatic rings. The van der Waals surface area contributed by atoms with Crippen molar-refractivity contribution in [3.8, 4) is 5.75 Å². The third kappa shape index (κ3) is 5.46. The van der Waals surface area contributed by atoms with E-state index < -0.39 is 0 Å². The van der Waals surface area contributed by atoms with Gasteiger partial charge in [0.2, 0.25) is 0 Å². The second kappa shape index (κ2) is 10.0. The molecule has 1 amide bonds. The van der Waals surface area contributed by atoms with E-state index in [0.717, 1.165) is 27.7 Å². The smallest absolute Gasteiger partial charge is 0.264 e. The van der Waals surface area contributed by atoms with Gasteiger partial charge in [0.1, 0.15) is 17.4 Å². The molecule has 0 bridgehead atoms. The number of thiophene rings is 1. The van der Waals surface area contributed by atoms with E-state index in [-0.39, 0.29) is 11.9 Å². The highest BCUT2D eigenvalue weighted by atomic mass is 32.1. The van der Waals surface area contributed by atoms with E-state index in [4.69, 9.17) is 9.72 Å². The van der Waals surface area contributed by atoms with Crippen LogP contribution >= 0.6 is 22.7 Å². The topological polar surface area (TPSA) is 42.4 Å².